The number of hydrogen-bond acceptors (Lipinski definition) is 5. The second-order valence-electron chi connectivity index (χ2n) is 4.22. The molecule has 1 saturated heterocycles. The summed E-state index contributed by atoms with van der Waals surface area (Å²) in [5.41, 5.74) is -0.296. The topological polar surface area (TPSA) is 78.7 Å². The Morgan fingerprint density at radius 2 is 2.37 bits per heavy atom. The van der Waals surface area contributed by atoms with Gasteiger partial charge in [0.05, 0.1) is 23.7 Å². The van der Waals surface area contributed by atoms with Crippen molar-refractivity contribution in [1.82, 2.24) is 0 Å². The molecule has 1 heterocycles. The van der Waals surface area contributed by atoms with E-state index in [1.54, 1.807) is 0 Å². The van der Waals surface area contributed by atoms with Gasteiger partial charge in [-0.15, -0.1) is 0 Å². The van der Waals surface area contributed by atoms with Gasteiger partial charge in [-0.05, 0) is 12.5 Å². The standard InChI is InChI=1S/C12H12ClNO5/c13-11-9(2-1-3-10(11)14(16)17)12(15)19-7-8-4-5-18-6-8/h1-3,8H,4-7H2. The highest BCUT2D eigenvalue weighted by atomic mass is 35.5. The lowest BCUT2D eigenvalue weighted by atomic mass is 10.1. The molecule has 1 aliphatic heterocycles. The molecule has 1 aromatic carbocycles. The Labute approximate surface area is 114 Å². The molecule has 1 fully saturated rings. The summed E-state index contributed by atoms with van der Waals surface area (Å²) in [7, 11) is 0. The van der Waals surface area contributed by atoms with Crippen molar-refractivity contribution in [3.05, 3.63) is 38.9 Å². The molecule has 0 spiro atoms. The number of rotatable bonds is 4. The van der Waals surface area contributed by atoms with Crippen LogP contribution in [0.2, 0.25) is 5.02 Å². The van der Waals surface area contributed by atoms with E-state index < -0.39 is 10.9 Å². The molecule has 0 radical (unpaired) electrons. The van der Waals surface area contributed by atoms with Crippen LogP contribution in [0.15, 0.2) is 18.2 Å². The Kier molecular flexibility index (Phi) is 4.34. The van der Waals surface area contributed by atoms with Crippen molar-refractivity contribution in [1.29, 1.82) is 0 Å². The molecule has 1 aliphatic rings. The van der Waals surface area contributed by atoms with Crippen LogP contribution in [0.25, 0.3) is 0 Å². The first-order chi connectivity index (χ1) is 9.09. The lowest BCUT2D eigenvalue weighted by molar-refractivity contribution is -0.384. The summed E-state index contributed by atoms with van der Waals surface area (Å²) in [6, 6.07) is 4.05. The van der Waals surface area contributed by atoms with Crippen LogP contribution in [0.4, 0.5) is 5.69 Å². The maximum atomic E-state index is 11.8. The largest absolute Gasteiger partial charge is 0.462 e. The molecule has 6 nitrogen and oxygen atoms in total. The summed E-state index contributed by atoms with van der Waals surface area (Å²) in [4.78, 5) is 21.9. The van der Waals surface area contributed by atoms with Gasteiger partial charge in [0.1, 0.15) is 5.02 Å². The van der Waals surface area contributed by atoms with E-state index in [1.807, 2.05) is 0 Å². The highest BCUT2D eigenvalue weighted by molar-refractivity contribution is 6.35. The van der Waals surface area contributed by atoms with Gasteiger partial charge in [0, 0.05) is 18.6 Å². The monoisotopic (exact) mass is 285 g/mol. The number of nitro groups is 1. The van der Waals surface area contributed by atoms with Gasteiger partial charge >= 0.3 is 5.97 Å². The quantitative estimate of drug-likeness (QED) is 0.482. The van der Waals surface area contributed by atoms with E-state index in [1.165, 1.54) is 18.2 Å². The van der Waals surface area contributed by atoms with Crippen molar-refractivity contribution < 1.29 is 19.2 Å². The number of nitrogens with zero attached hydrogens (tertiary/aromatic N) is 1. The third-order valence-electron chi connectivity index (χ3n) is 2.87. The van der Waals surface area contributed by atoms with E-state index in [2.05, 4.69) is 0 Å². The van der Waals surface area contributed by atoms with E-state index in [0.717, 1.165) is 6.42 Å². The van der Waals surface area contributed by atoms with Gasteiger partial charge in [-0.2, -0.15) is 0 Å². The summed E-state index contributed by atoms with van der Waals surface area (Å²) in [5, 5.41) is 10.5. The maximum absolute atomic E-state index is 11.8. The number of hydrogen-bond donors (Lipinski definition) is 0. The van der Waals surface area contributed by atoms with Crippen molar-refractivity contribution in [2.75, 3.05) is 19.8 Å². The molecular formula is C12H12ClNO5. The molecule has 0 bridgehead atoms. The van der Waals surface area contributed by atoms with Gasteiger partial charge in [-0.3, -0.25) is 10.1 Å². The molecule has 0 N–H and O–H groups in total. The minimum atomic E-state index is -0.652. The fourth-order valence-electron chi connectivity index (χ4n) is 1.80. The number of benzene rings is 1. The lowest BCUT2D eigenvalue weighted by Crippen LogP contribution is -2.14. The number of esters is 1. The van der Waals surface area contributed by atoms with Gasteiger partial charge in [0.15, 0.2) is 0 Å². The van der Waals surface area contributed by atoms with E-state index in [9.17, 15) is 14.9 Å². The number of nitro benzene ring substituents is 1. The van der Waals surface area contributed by atoms with Crippen LogP contribution >= 0.6 is 11.6 Å². The molecule has 2 rings (SSSR count). The molecule has 0 amide bonds. The van der Waals surface area contributed by atoms with Crippen molar-refractivity contribution >= 4 is 23.3 Å². The summed E-state index contributed by atoms with van der Waals surface area (Å²) in [6.45, 7) is 1.47. The van der Waals surface area contributed by atoms with Gasteiger partial charge in [0.25, 0.3) is 5.69 Å². The zero-order valence-electron chi connectivity index (χ0n) is 10.0. The number of carbonyl (C=O) groups is 1. The van der Waals surface area contributed by atoms with Crippen LogP contribution in [-0.4, -0.2) is 30.7 Å². The van der Waals surface area contributed by atoms with Crippen molar-refractivity contribution in [2.24, 2.45) is 5.92 Å². The fourth-order valence-corrected chi connectivity index (χ4v) is 2.08. The van der Waals surface area contributed by atoms with E-state index in [-0.39, 0.29) is 28.8 Å². The van der Waals surface area contributed by atoms with Crippen molar-refractivity contribution in [2.45, 2.75) is 6.42 Å². The van der Waals surface area contributed by atoms with Crippen LogP contribution in [0.3, 0.4) is 0 Å². The van der Waals surface area contributed by atoms with Gasteiger partial charge in [-0.1, -0.05) is 17.7 Å². The smallest absolute Gasteiger partial charge is 0.339 e. The zero-order chi connectivity index (χ0) is 13.8. The molecular weight excluding hydrogens is 274 g/mol. The van der Waals surface area contributed by atoms with Crippen LogP contribution < -0.4 is 0 Å². The predicted octanol–water partition coefficient (Wildman–Crippen LogP) is 2.44. The normalized spacial score (nSPS) is 18.3. The highest BCUT2D eigenvalue weighted by Crippen LogP contribution is 2.28. The number of ether oxygens (including phenoxy) is 2. The SMILES string of the molecule is O=C(OCC1CCOC1)c1cccc([N+](=O)[O-])c1Cl. The van der Waals surface area contributed by atoms with Crippen molar-refractivity contribution in [3.63, 3.8) is 0 Å². The summed E-state index contributed by atoms with van der Waals surface area (Å²) >= 11 is 5.83. The van der Waals surface area contributed by atoms with Crippen LogP contribution in [-0.2, 0) is 9.47 Å². The Balaban J connectivity index is 2.06. The molecule has 19 heavy (non-hydrogen) atoms. The Bertz CT molecular complexity index is 499. The molecule has 7 heteroatoms. The minimum absolute atomic E-state index is 0.00906. The van der Waals surface area contributed by atoms with E-state index >= 15 is 0 Å². The predicted molar refractivity (Wildman–Crippen MR) is 67.3 cm³/mol. The molecule has 0 aliphatic carbocycles. The van der Waals surface area contributed by atoms with E-state index in [4.69, 9.17) is 21.1 Å². The molecule has 102 valence electrons. The molecule has 1 atom stereocenters. The Hall–Kier alpha value is -1.66. The maximum Gasteiger partial charge on any atom is 0.339 e. The third-order valence-corrected chi connectivity index (χ3v) is 3.27. The van der Waals surface area contributed by atoms with Gasteiger partial charge < -0.3 is 9.47 Å². The van der Waals surface area contributed by atoms with Crippen molar-refractivity contribution in [3.8, 4) is 0 Å². The fraction of sp³-hybridized carbons (Fsp3) is 0.417. The minimum Gasteiger partial charge on any atom is -0.462 e. The summed E-state index contributed by atoms with van der Waals surface area (Å²) in [6.07, 6.45) is 0.843. The summed E-state index contributed by atoms with van der Waals surface area (Å²) in [5.74, 6) is -0.470. The van der Waals surface area contributed by atoms with Crippen LogP contribution in [0, 0.1) is 16.0 Å². The summed E-state index contributed by atoms with van der Waals surface area (Å²) < 4.78 is 10.3. The first-order valence-electron chi connectivity index (χ1n) is 5.77. The first-order valence-corrected chi connectivity index (χ1v) is 6.15. The lowest BCUT2D eigenvalue weighted by Gasteiger charge is -2.09. The van der Waals surface area contributed by atoms with Crippen LogP contribution in [0.5, 0.6) is 0 Å². The Morgan fingerprint density at radius 1 is 1.58 bits per heavy atom. The second kappa shape index (κ2) is 5.99. The van der Waals surface area contributed by atoms with Crippen LogP contribution in [0.1, 0.15) is 16.8 Å². The third kappa shape index (κ3) is 3.21. The highest BCUT2D eigenvalue weighted by Gasteiger charge is 2.23. The Morgan fingerprint density at radius 3 is 3.00 bits per heavy atom. The molecule has 0 saturated carbocycles. The molecule has 1 unspecified atom stereocenters. The zero-order valence-corrected chi connectivity index (χ0v) is 10.8. The van der Waals surface area contributed by atoms with Gasteiger partial charge in [0.2, 0.25) is 0 Å². The first kappa shape index (κ1) is 13.8. The average Bonchev–Trinajstić information content (AvgIpc) is 2.89. The van der Waals surface area contributed by atoms with Gasteiger partial charge in [-0.25, -0.2) is 4.79 Å². The number of carbonyl (C=O) groups excluding carboxylic acids is 1. The number of halogens is 1. The second-order valence-corrected chi connectivity index (χ2v) is 4.60. The average molecular weight is 286 g/mol. The van der Waals surface area contributed by atoms with E-state index in [0.29, 0.717) is 13.2 Å². The molecule has 1 aromatic rings. The molecule has 0 aromatic heterocycles.